The molecule has 5 heteroatoms. The first-order valence-electron chi connectivity index (χ1n) is 12.6. The maximum atomic E-state index is 13.5. The predicted octanol–water partition coefficient (Wildman–Crippen LogP) is 6.08. The molecule has 36 heavy (non-hydrogen) atoms. The molecule has 3 aromatic carbocycles. The lowest BCUT2D eigenvalue weighted by atomic mass is 9.91. The van der Waals surface area contributed by atoms with Crippen LogP contribution in [0.1, 0.15) is 47.3 Å². The Balaban J connectivity index is 1.38. The van der Waals surface area contributed by atoms with Crippen molar-refractivity contribution in [3.8, 4) is 5.75 Å². The number of para-hydroxylation sites is 2. The summed E-state index contributed by atoms with van der Waals surface area (Å²) in [6.07, 6.45) is 2.91. The third-order valence-corrected chi connectivity index (χ3v) is 6.87. The lowest BCUT2D eigenvalue weighted by Crippen LogP contribution is -2.42. The molecular formula is C31H32N2O3. The van der Waals surface area contributed by atoms with E-state index in [0.29, 0.717) is 29.7 Å². The minimum absolute atomic E-state index is 0.0656. The molecule has 0 bridgehead atoms. The van der Waals surface area contributed by atoms with E-state index >= 15 is 0 Å². The fourth-order valence-electron chi connectivity index (χ4n) is 5.30. The van der Waals surface area contributed by atoms with Gasteiger partial charge < -0.3 is 9.64 Å². The average Bonchev–Trinajstić information content (AvgIpc) is 2.86. The molecule has 0 radical (unpaired) electrons. The van der Waals surface area contributed by atoms with Gasteiger partial charge in [-0.05, 0) is 66.6 Å². The molecule has 0 unspecified atom stereocenters. The van der Waals surface area contributed by atoms with Crippen molar-refractivity contribution in [2.75, 3.05) is 18.0 Å². The topological polar surface area (TPSA) is 49.9 Å². The van der Waals surface area contributed by atoms with Crippen molar-refractivity contribution in [2.24, 2.45) is 11.8 Å². The summed E-state index contributed by atoms with van der Waals surface area (Å²) in [4.78, 5) is 30.3. The van der Waals surface area contributed by atoms with Crippen molar-refractivity contribution in [3.63, 3.8) is 0 Å². The number of amides is 2. The number of aryl methyl sites for hydroxylation is 1. The number of carbonyl (C=O) groups excluding carboxylic acids is 2. The van der Waals surface area contributed by atoms with Gasteiger partial charge in [-0.1, -0.05) is 67.9 Å². The Kier molecular flexibility index (Phi) is 6.64. The van der Waals surface area contributed by atoms with Crippen molar-refractivity contribution < 1.29 is 14.3 Å². The number of nitrogens with zero attached hydrogens (tertiary/aromatic N) is 2. The van der Waals surface area contributed by atoms with Crippen molar-refractivity contribution in [2.45, 2.75) is 33.7 Å². The number of likely N-dealkylation sites (tertiary alicyclic amines) is 1. The largest absolute Gasteiger partial charge is 0.449 e. The van der Waals surface area contributed by atoms with E-state index in [9.17, 15) is 9.59 Å². The molecule has 2 atom stereocenters. The summed E-state index contributed by atoms with van der Waals surface area (Å²) in [5.41, 5.74) is 4.45. The second-order valence-corrected chi connectivity index (χ2v) is 10.2. The predicted molar refractivity (Wildman–Crippen MR) is 143 cm³/mol. The normalized spacial score (nSPS) is 20.8. The van der Waals surface area contributed by atoms with Gasteiger partial charge in [0.2, 0.25) is 0 Å². The van der Waals surface area contributed by atoms with E-state index in [2.05, 4.69) is 19.9 Å². The first kappa shape index (κ1) is 23.9. The number of anilines is 1. The van der Waals surface area contributed by atoms with Gasteiger partial charge in [-0.15, -0.1) is 0 Å². The molecule has 0 N–H and O–H groups in total. The minimum Gasteiger partial charge on any atom is -0.449 e. The summed E-state index contributed by atoms with van der Waals surface area (Å²) in [5, 5.41) is 0. The molecular weight excluding hydrogens is 448 g/mol. The van der Waals surface area contributed by atoms with Gasteiger partial charge in [0.05, 0.1) is 12.2 Å². The number of benzene rings is 3. The number of fused-ring (bicyclic) bond motifs is 1. The van der Waals surface area contributed by atoms with Crippen LogP contribution in [0.5, 0.6) is 5.75 Å². The second kappa shape index (κ2) is 10.0. The fourth-order valence-corrected chi connectivity index (χ4v) is 5.30. The Morgan fingerprint density at radius 1 is 0.972 bits per heavy atom. The molecule has 3 aromatic rings. The van der Waals surface area contributed by atoms with Gasteiger partial charge >= 0.3 is 0 Å². The van der Waals surface area contributed by atoms with Crippen LogP contribution in [0.2, 0.25) is 0 Å². The highest BCUT2D eigenvalue weighted by atomic mass is 16.5. The number of carbonyl (C=O) groups is 2. The zero-order valence-electron chi connectivity index (χ0n) is 21.1. The summed E-state index contributed by atoms with van der Waals surface area (Å²) in [6.45, 7) is 8.50. The van der Waals surface area contributed by atoms with Crippen molar-refractivity contribution >= 4 is 23.6 Å². The van der Waals surface area contributed by atoms with E-state index in [1.165, 1.54) is 0 Å². The van der Waals surface area contributed by atoms with Crippen LogP contribution in [-0.2, 0) is 11.3 Å². The molecule has 0 spiro atoms. The summed E-state index contributed by atoms with van der Waals surface area (Å²) >= 11 is 0. The van der Waals surface area contributed by atoms with Crippen LogP contribution in [0, 0.1) is 18.8 Å². The van der Waals surface area contributed by atoms with Crippen LogP contribution in [0.3, 0.4) is 0 Å². The Morgan fingerprint density at radius 3 is 2.42 bits per heavy atom. The third kappa shape index (κ3) is 5.06. The first-order chi connectivity index (χ1) is 17.4. The van der Waals surface area contributed by atoms with Gasteiger partial charge in [0.15, 0.2) is 11.5 Å². The average molecular weight is 481 g/mol. The Bertz CT molecular complexity index is 1300. The maximum absolute atomic E-state index is 13.5. The molecule has 0 aliphatic carbocycles. The monoisotopic (exact) mass is 480 g/mol. The molecule has 2 aliphatic rings. The van der Waals surface area contributed by atoms with Crippen LogP contribution in [0.15, 0.2) is 78.6 Å². The Labute approximate surface area is 213 Å². The van der Waals surface area contributed by atoms with E-state index in [-0.39, 0.29) is 17.6 Å². The zero-order chi connectivity index (χ0) is 25.2. The lowest BCUT2D eigenvalue weighted by molar-refractivity contribution is -0.117. The molecule has 5 rings (SSSR count). The highest BCUT2D eigenvalue weighted by molar-refractivity contribution is 6.09. The fraction of sp³-hybridized carbons (Fsp3) is 0.290. The van der Waals surface area contributed by atoms with Crippen LogP contribution in [0.4, 0.5) is 5.69 Å². The van der Waals surface area contributed by atoms with Crippen molar-refractivity contribution in [3.05, 3.63) is 101 Å². The highest BCUT2D eigenvalue weighted by Crippen LogP contribution is 2.36. The van der Waals surface area contributed by atoms with Gasteiger partial charge in [0.1, 0.15) is 0 Å². The number of rotatable bonds is 4. The summed E-state index contributed by atoms with van der Waals surface area (Å²) < 4.78 is 6.03. The number of ether oxygens (including phenoxy) is 1. The first-order valence-corrected chi connectivity index (χ1v) is 12.6. The van der Waals surface area contributed by atoms with Crippen LogP contribution >= 0.6 is 0 Å². The Hall–Kier alpha value is -3.86. The van der Waals surface area contributed by atoms with Gasteiger partial charge in [0.25, 0.3) is 11.8 Å². The van der Waals surface area contributed by atoms with Gasteiger partial charge in [-0.2, -0.15) is 0 Å². The van der Waals surface area contributed by atoms with Crippen LogP contribution in [-0.4, -0.2) is 29.8 Å². The molecule has 0 saturated carbocycles. The van der Waals surface area contributed by atoms with E-state index in [0.717, 1.165) is 41.9 Å². The van der Waals surface area contributed by atoms with E-state index in [1.807, 2.05) is 78.6 Å². The SMILES string of the molecule is Cc1cccc(CN2C(=O)/C(=C\c3ccc(C(=O)N4C[C@@H](C)C[C@H](C)C4)cc3)Oc3ccccc32)c1. The van der Waals surface area contributed by atoms with E-state index in [1.54, 1.807) is 11.0 Å². The van der Waals surface area contributed by atoms with Gasteiger partial charge in [0, 0.05) is 18.7 Å². The molecule has 2 amide bonds. The quantitative estimate of drug-likeness (QED) is 0.425. The molecule has 2 heterocycles. The summed E-state index contributed by atoms with van der Waals surface area (Å²) in [5.74, 6) is 1.82. The number of hydrogen-bond donors (Lipinski definition) is 0. The third-order valence-electron chi connectivity index (χ3n) is 6.87. The lowest BCUT2D eigenvalue weighted by Gasteiger charge is -2.35. The maximum Gasteiger partial charge on any atom is 0.294 e. The summed E-state index contributed by atoms with van der Waals surface area (Å²) in [6, 6.07) is 23.2. The molecule has 0 aromatic heterocycles. The molecule has 1 saturated heterocycles. The van der Waals surface area contributed by atoms with Crippen LogP contribution < -0.4 is 9.64 Å². The summed E-state index contributed by atoms with van der Waals surface area (Å²) in [7, 11) is 0. The molecule has 1 fully saturated rings. The molecule has 5 nitrogen and oxygen atoms in total. The van der Waals surface area contributed by atoms with E-state index in [4.69, 9.17) is 4.74 Å². The highest BCUT2D eigenvalue weighted by Gasteiger charge is 2.30. The minimum atomic E-state index is -0.188. The second-order valence-electron chi connectivity index (χ2n) is 10.2. The van der Waals surface area contributed by atoms with Gasteiger partial charge in [-0.3, -0.25) is 14.5 Å². The van der Waals surface area contributed by atoms with Gasteiger partial charge in [-0.25, -0.2) is 0 Å². The number of piperidine rings is 1. The molecule has 2 aliphatic heterocycles. The zero-order valence-corrected chi connectivity index (χ0v) is 21.1. The van der Waals surface area contributed by atoms with Crippen molar-refractivity contribution in [1.82, 2.24) is 4.90 Å². The smallest absolute Gasteiger partial charge is 0.294 e. The Morgan fingerprint density at radius 2 is 1.69 bits per heavy atom. The standard InChI is InChI=1S/C31H32N2O3/c1-21-7-6-8-25(16-21)20-33-27-9-4-5-10-28(27)36-29(31(33)35)17-24-11-13-26(14-12-24)30(34)32-18-22(2)15-23(3)19-32/h4-14,16-17,22-23H,15,18-20H2,1-3H3/b29-17+/t22-,23-/m0/s1. The van der Waals surface area contributed by atoms with Crippen LogP contribution in [0.25, 0.3) is 6.08 Å². The van der Waals surface area contributed by atoms with Crippen molar-refractivity contribution in [1.29, 1.82) is 0 Å². The molecule has 184 valence electrons. The van der Waals surface area contributed by atoms with E-state index < -0.39 is 0 Å². The number of hydrogen-bond acceptors (Lipinski definition) is 3.